The number of para-hydroxylation sites is 2. The van der Waals surface area contributed by atoms with Gasteiger partial charge in [0.25, 0.3) is 5.91 Å². The first-order chi connectivity index (χ1) is 13.3. The number of benzene rings is 2. The minimum absolute atomic E-state index is 0.260. The highest BCUT2D eigenvalue weighted by Gasteiger charge is 2.20. The van der Waals surface area contributed by atoms with Crippen LogP contribution in [-0.4, -0.2) is 22.4 Å². The molecule has 0 radical (unpaired) electrons. The molecule has 132 valence electrons. The molecule has 3 aromatic rings. The lowest BCUT2D eigenvalue weighted by Crippen LogP contribution is -2.26. The van der Waals surface area contributed by atoms with E-state index in [9.17, 15) is 10.1 Å². The second-order valence-corrected chi connectivity index (χ2v) is 6.26. The Morgan fingerprint density at radius 3 is 2.81 bits per heavy atom. The molecule has 0 saturated heterocycles. The Hall–Kier alpha value is -3.72. The van der Waals surface area contributed by atoms with E-state index in [0.29, 0.717) is 17.1 Å². The van der Waals surface area contributed by atoms with Crippen LogP contribution in [-0.2, 0) is 6.42 Å². The number of hydrogen-bond donors (Lipinski definition) is 1. The lowest BCUT2D eigenvalue weighted by atomic mass is 10.0. The van der Waals surface area contributed by atoms with Gasteiger partial charge < -0.3 is 10.2 Å². The molecule has 0 aliphatic carbocycles. The van der Waals surface area contributed by atoms with Gasteiger partial charge in [0.15, 0.2) is 0 Å². The molecule has 1 aliphatic rings. The number of carbonyl (C=O) groups excluding carboxylic acids is 1. The summed E-state index contributed by atoms with van der Waals surface area (Å²) in [5.41, 5.74) is 3.52. The van der Waals surface area contributed by atoms with E-state index < -0.39 is 0 Å². The predicted octanol–water partition coefficient (Wildman–Crippen LogP) is 3.68. The Labute approximate surface area is 157 Å². The van der Waals surface area contributed by atoms with Crippen molar-refractivity contribution in [1.82, 2.24) is 9.97 Å². The Morgan fingerprint density at radius 2 is 1.93 bits per heavy atom. The molecule has 1 N–H and O–H groups in total. The minimum Gasteiger partial charge on any atom is -0.326 e. The second kappa shape index (κ2) is 7.26. The molecule has 1 amide bonds. The van der Waals surface area contributed by atoms with Crippen LogP contribution in [0.5, 0.6) is 0 Å². The van der Waals surface area contributed by atoms with E-state index in [1.54, 1.807) is 30.3 Å². The molecule has 0 saturated carbocycles. The minimum atomic E-state index is -0.369. The monoisotopic (exact) mass is 355 g/mol. The number of aromatic nitrogens is 2. The van der Waals surface area contributed by atoms with Crippen molar-refractivity contribution in [1.29, 1.82) is 5.26 Å². The average molecular weight is 355 g/mol. The van der Waals surface area contributed by atoms with Crippen molar-refractivity contribution in [3.05, 3.63) is 77.7 Å². The van der Waals surface area contributed by atoms with Gasteiger partial charge in [-0.1, -0.05) is 30.3 Å². The maximum Gasteiger partial charge on any atom is 0.274 e. The van der Waals surface area contributed by atoms with Gasteiger partial charge in [0.05, 0.1) is 11.3 Å². The number of rotatable bonds is 3. The maximum atomic E-state index is 12.6. The summed E-state index contributed by atoms with van der Waals surface area (Å²) in [5.74, 6) is 0.322. The number of nitrogens with zero attached hydrogens (tertiary/aromatic N) is 4. The van der Waals surface area contributed by atoms with Gasteiger partial charge >= 0.3 is 0 Å². The van der Waals surface area contributed by atoms with E-state index >= 15 is 0 Å². The fourth-order valence-electron chi connectivity index (χ4n) is 3.27. The van der Waals surface area contributed by atoms with Gasteiger partial charge in [-0.2, -0.15) is 5.26 Å². The summed E-state index contributed by atoms with van der Waals surface area (Å²) in [6, 6.07) is 18.9. The average Bonchev–Trinajstić information content (AvgIpc) is 2.74. The normalized spacial score (nSPS) is 12.8. The highest BCUT2D eigenvalue weighted by Crippen LogP contribution is 2.32. The van der Waals surface area contributed by atoms with E-state index in [4.69, 9.17) is 0 Å². The zero-order valence-electron chi connectivity index (χ0n) is 14.6. The molecule has 2 aromatic carbocycles. The molecule has 0 spiro atoms. The quantitative estimate of drug-likeness (QED) is 0.775. The van der Waals surface area contributed by atoms with E-state index in [-0.39, 0.29) is 11.6 Å². The first-order valence-electron chi connectivity index (χ1n) is 8.74. The summed E-state index contributed by atoms with van der Waals surface area (Å²) in [7, 11) is 0. The molecular weight excluding hydrogens is 338 g/mol. The van der Waals surface area contributed by atoms with Crippen molar-refractivity contribution in [3.8, 4) is 6.07 Å². The number of fused-ring (bicyclic) bond motifs is 1. The van der Waals surface area contributed by atoms with Crippen LogP contribution >= 0.6 is 0 Å². The molecule has 0 bridgehead atoms. The molecule has 6 nitrogen and oxygen atoms in total. The number of anilines is 3. The second-order valence-electron chi connectivity index (χ2n) is 6.26. The SMILES string of the molecule is N#Cc1ccccc1NC(=O)c1cc(N2CCCc3ccccc32)ncn1. The largest absolute Gasteiger partial charge is 0.326 e. The summed E-state index contributed by atoms with van der Waals surface area (Å²) in [4.78, 5) is 23.2. The Kier molecular flexibility index (Phi) is 4.50. The lowest BCUT2D eigenvalue weighted by molar-refractivity contribution is 0.102. The number of aryl methyl sites for hydroxylation is 1. The van der Waals surface area contributed by atoms with E-state index in [2.05, 4.69) is 38.4 Å². The number of nitrogens with one attached hydrogen (secondary N) is 1. The molecule has 0 fully saturated rings. The van der Waals surface area contributed by atoms with Crippen LogP contribution in [0.25, 0.3) is 0 Å². The lowest BCUT2D eigenvalue weighted by Gasteiger charge is -2.30. The number of carbonyl (C=O) groups is 1. The van der Waals surface area contributed by atoms with E-state index in [0.717, 1.165) is 25.1 Å². The number of hydrogen-bond acceptors (Lipinski definition) is 5. The molecule has 1 aromatic heterocycles. The predicted molar refractivity (Wildman–Crippen MR) is 103 cm³/mol. The zero-order valence-corrected chi connectivity index (χ0v) is 14.6. The zero-order chi connectivity index (χ0) is 18.6. The molecule has 2 heterocycles. The van der Waals surface area contributed by atoms with Gasteiger partial charge in [0, 0.05) is 18.3 Å². The van der Waals surface area contributed by atoms with Crippen molar-refractivity contribution in [2.24, 2.45) is 0 Å². The van der Waals surface area contributed by atoms with Gasteiger partial charge in [0.2, 0.25) is 0 Å². The molecule has 0 unspecified atom stereocenters. The molecule has 1 aliphatic heterocycles. The Balaban J connectivity index is 1.62. The van der Waals surface area contributed by atoms with E-state index in [1.165, 1.54) is 11.9 Å². The van der Waals surface area contributed by atoms with Crippen LogP contribution in [0.15, 0.2) is 60.9 Å². The number of nitriles is 1. The number of amides is 1. The molecular formula is C21H17N5O. The van der Waals surface area contributed by atoms with Crippen molar-refractivity contribution >= 4 is 23.1 Å². The van der Waals surface area contributed by atoms with Crippen LogP contribution in [0, 0.1) is 11.3 Å². The van der Waals surface area contributed by atoms with Crippen molar-refractivity contribution in [3.63, 3.8) is 0 Å². The molecule has 27 heavy (non-hydrogen) atoms. The molecule has 0 atom stereocenters. The summed E-state index contributed by atoms with van der Waals surface area (Å²) < 4.78 is 0. The van der Waals surface area contributed by atoms with Crippen LogP contribution < -0.4 is 10.2 Å². The van der Waals surface area contributed by atoms with Crippen LogP contribution in [0.2, 0.25) is 0 Å². The third kappa shape index (κ3) is 3.35. The highest BCUT2D eigenvalue weighted by atomic mass is 16.1. The fraction of sp³-hybridized carbons (Fsp3) is 0.143. The van der Waals surface area contributed by atoms with Gasteiger partial charge in [-0.25, -0.2) is 9.97 Å². The van der Waals surface area contributed by atoms with Crippen molar-refractivity contribution in [2.75, 3.05) is 16.8 Å². The fourth-order valence-corrected chi connectivity index (χ4v) is 3.27. The van der Waals surface area contributed by atoms with Gasteiger partial charge in [0.1, 0.15) is 23.9 Å². The van der Waals surface area contributed by atoms with Gasteiger partial charge in [-0.15, -0.1) is 0 Å². The summed E-state index contributed by atoms with van der Waals surface area (Å²) in [5, 5.41) is 11.9. The first kappa shape index (κ1) is 16.7. The van der Waals surface area contributed by atoms with Crippen molar-refractivity contribution in [2.45, 2.75) is 12.8 Å². The van der Waals surface area contributed by atoms with Gasteiger partial charge in [-0.05, 0) is 36.6 Å². The van der Waals surface area contributed by atoms with Crippen molar-refractivity contribution < 1.29 is 4.79 Å². The standard InChI is InChI=1S/C21H17N5O/c22-13-16-7-1-3-9-17(16)25-21(27)18-12-20(24-14-23-18)26-11-5-8-15-6-2-4-10-19(15)26/h1-4,6-7,9-10,12,14H,5,8,11H2,(H,25,27). The Morgan fingerprint density at radius 1 is 1.11 bits per heavy atom. The third-order valence-corrected chi connectivity index (χ3v) is 4.57. The topological polar surface area (TPSA) is 81.9 Å². The summed E-state index contributed by atoms with van der Waals surface area (Å²) >= 11 is 0. The maximum absolute atomic E-state index is 12.6. The summed E-state index contributed by atoms with van der Waals surface area (Å²) in [6.45, 7) is 0.840. The van der Waals surface area contributed by atoms with Crippen LogP contribution in [0.3, 0.4) is 0 Å². The van der Waals surface area contributed by atoms with Crippen LogP contribution in [0.4, 0.5) is 17.2 Å². The highest BCUT2D eigenvalue weighted by molar-refractivity contribution is 6.04. The third-order valence-electron chi connectivity index (χ3n) is 4.57. The summed E-state index contributed by atoms with van der Waals surface area (Å²) in [6.07, 6.45) is 3.46. The Bertz CT molecular complexity index is 1040. The van der Waals surface area contributed by atoms with Gasteiger partial charge in [-0.3, -0.25) is 4.79 Å². The first-order valence-corrected chi connectivity index (χ1v) is 8.74. The molecule has 4 rings (SSSR count). The van der Waals surface area contributed by atoms with Crippen LogP contribution in [0.1, 0.15) is 28.0 Å². The molecule has 6 heteroatoms. The van der Waals surface area contributed by atoms with E-state index in [1.807, 2.05) is 12.1 Å². The smallest absolute Gasteiger partial charge is 0.274 e.